The van der Waals surface area contributed by atoms with E-state index in [1.807, 2.05) is 0 Å². The molecule has 0 aromatic rings. The Bertz CT molecular complexity index is 331. The van der Waals surface area contributed by atoms with Gasteiger partial charge in [-0.25, -0.2) is 4.79 Å². The summed E-state index contributed by atoms with van der Waals surface area (Å²) in [5, 5.41) is 48.8. The van der Waals surface area contributed by atoms with Gasteiger partial charge in [-0.2, -0.15) is 4.74 Å². The number of nitrogens with zero attached hydrogens (tertiary/aromatic N) is 1. The zero-order valence-electron chi connectivity index (χ0n) is 9.54. The molecule has 5 atom stereocenters. The summed E-state index contributed by atoms with van der Waals surface area (Å²) in [4.78, 5) is 10.9. The van der Waals surface area contributed by atoms with Gasteiger partial charge in [0.05, 0.1) is 13.7 Å². The molecule has 0 radical (unpaired) electrons. The third-order valence-electron chi connectivity index (χ3n) is 2.55. The highest BCUT2D eigenvalue weighted by Crippen LogP contribution is 2.21. The highest BCUT2D eigenvalue weighted by molar-refractivity contribution is 6.20. The topological polar surface area (TPSA) is 143 Å². The SMILES string of the molecule is COC(=O)C=[N+]([O-])C1O[C@H](CO)[C@@H](O)[C@H](O)[C@@H]1O. The van der Waals surface area contributed by atoms with Crippen LogP contribution in [0.4, 0.5) is 0 Å². The number of carbonyl (C=O) groups excluding carboxylic acids is 1. The summed E-state index contributed by atoms with van der Waals surface area (Å²) in [6.45, 7) is -0.659. The van der Waals surface area contributed by atoms with Crippen LogP contribution in [-0.4, -0.2) is 81.7 Å². The van der Waals surface area contributed by atoms with E-state index >= 15 is 0 Å². The first-order valence-corrected chi connectivity index (χ1v) is 5.11. The van der Waals surface area contributed by atoms with E-state index in [0.29, 0.717) is 6.21 Å². The van der Waals surface area contributed by atoms with Crippen LogP contribution >= 0.6 is 0 Å². The molecule has 0 bridgehead atoms. The molecule has 0 aliphatic carbocycles. The van der Waals surface area contributed by atoms with Gasteiger partial charge in [-0.05, 0) is 0 Å². The molecule has 1 fully saturated rings. The first-order valence-electron chi connectivity index (χ1n) is 5.11. The quantitative estimate of drug-likeness (QED) is 0.136. The summed E-state index contributed by atoms with van der Waals surface area (Å²) in [5.41, 5.74) is 0. The number of rotatable bonds is 3. The van der Waals surface area contributed by atoms with E-state index in [-0.39, 0.29) is 4.74 Å². The average Bonchev–Trinajstić information content (AvgIpc) is 2.36. The summed E-state index contributed by atoms with van der Waals surface area (Å²) in [6, 6.07) is 0. The molecular formula is C9H15NO8. The molecular weight excluding hydrogens is 250 g/mol. The van der Waals surface area contributed by atoms with Crippen LogP contribution in [-0.2, 0) is 14.3 Å². The van der Waals surface area contributed by atoms with Gasteiger partial charge in [0.1, 0.15) is 18.3 Å². The van der Waals surface area contributed by atoms with Crippen LogP contribution in [0.25, 0.3) is 0 Å². The highest BCUT2D eigenvalue weighted by Gasteiger charge is 2.47. The standard InChI is InChI=1S/C9H15NO8/c1-17-5(12)2-10(16)9-8(15)7(14)6(13)4(3-11)18-9/h2,4,6-9,11,13-15H,3H2,1H3/t4-,6-,7+,8+,9?/m1/s1. The fourth-order valence-electron chi connectivity index (χ4n) is 1.52. The number of hydrogen-bond donors (Lipinski definition) is 4. The van der Waals surface area contributed by atoms with E-state index < -0.39 is 43.2 Å². The molecule has 0 amide bonds. The predicted molar refractivity (Wildman–Crippen MR) is 55.5 cm³/mol. The van der Waals surface area contributed by atoms with E-state index in [9.17, 15) is 25.3 Å². The zero-order valence-corrected chi connectivity index (χ0v) is 9.54. The van der Waals surface area contributed by atoms with E-state index in [0.717, 1.165) is 7.11 Å². The molecule has 1 unspecified atom stereocenters. The molecule has 104 valence electrons. The minimum Gasteiger partial charge on any atom is -0.622 e. The second kappa shape index (κ2) is 6.07. The summed E-state index contributed by atoms with van der Waals surface area (Å²) in [6.07, 6.45) is -7.33. The van der Waals surface area contributed by atoms with Gasteiger partial charge >= 0.3 is 5.97 Å². The van der Waals surface area contributed by atoms with Gasteiger partial charge in [-0.3, -0.25) is 0 Å². The number of aliphatic hydroxyl groups excluding tert-OH is 4. The molecule has 0 aromatic heterocycles. The van der Waals surface area contributed by atoms with Gasteiger partial charge < -0.3 is 35.1 Å². The van der Waals surface area contributed by atoms with Crippen molar-refractivity contribution in [3.63, 3.8) is 0 Å². The number of hydroxylamine groups is 1. The Morgan fingerprint density at radius 1 is 1.39 bits per heavy atom. The van der Waals surface area contributed by atoms with Crippen LogP contribution in [0.2, 0.25) is 0 Å². The van der Waals surface area contributed by atoms with Crippen molar-refractivity contribution in [1.82, 2.24) is 0 Å². The number of methoxy groups -OCH3 is 1. The van der Waals surface area contributed by atoms with Gasteiger partial charge in [0.25, 0.3) is 12.4 Å². The lowest BCUT2D eigenvalue weighted by molar-refractivity contribution is -0.584. The van der Waals surface area contributed by atoms with Crippen LogP contribution in [0.3, 0.4) is 0 Å². The predicted octanol–water partition coefficient (Wildman–Crippen LogP) is -3.46. The monoisotopic (exact) mass is 265 g/mol. The van der Waals surface area contributed by atoms with Gasteiger partial charge in [-0.1, -0.05) is 0 Å². The molecule has 1 saturated heterocycles. The lowest BCUT2D eigenvalue weighted by atomic mass is 9.98. The Morgan fingerprint density at radius 3 is 2.50 bits per heavy atom. The van der Waals surface area contributed by atoms with Crippen molar-refractivity contribution < 1.29 is 39.4 Å². The molecule has 4 N–H and O–H groups in total. The highest BCUT2D eigenvalue weighted by atomic mass is 16.6. The molecule has 1 rings (SSSR count). The first kappa shape index (κ1) is 14.8. The molecule has 1 heterocycles. The Kier molecular flexibility index (Phi) is 4.99. The lowest BCUT2D eigenvalue weighted by Gasteiger charge is -2.37. The smallest absolute Gasteiger partial charge is 0.396 e. The van der Waals surface area contributed by atoms with Crippen molar-refractivity contribution >= 4 is 12.2 Å². The van der Waals surface area contributed by atoms with Crippen molar-refractivity contribution in [3.05, 3.63) is 5.21 Å². The minimum absolute atomic E-state index is 0.0474. The lowest BCUT2D eigenvalue weighted by Crippen LogP contribution is -2.61. The third-order valence-corrected chi connectivity index (χ3v) is 2.55. The van der Waals surface area contributed by atoms with Crippen molar-refractivity contribution in [2.75, 3.05) is 13.7 Å². The van der Waals surface area contributed by atoms with Gasteiger partial charge in [0.2, 0.25) is 0 Å². The van der Waals surface area contributed by atoms with E-state index in [1.54, 1.807) is 0 Å². The summed E-state index contributed by atoms with van der Waals surface area (Å²) in [7, 11) is 1.06. The van der Waals surface area contributed by atoms with Crippen molar-refractivity contribution in [2.45, 2.75) is 30.6 Å². The second-order valence-electron chi connectivity index (χ2n) is 3.73. The summed E-state index contributed by atoms with van der Waals surface area (Å²) < 4.78 is 9.07. The van der Waals surface area contributed by atoms with Crippen LogP contribution < -0.4 is 0 Å². The Labute approximate surface area is 102 Å². The molecule has 0 aromatic carbocycles. The number of ether oxygens (including phenoxy) is 2. The van der Waals surface area contributed by atoms with Crippen LogP contribution in [0, 0.1) is 5.21 Å². The van der Waals surface area contributed by atoms with E-state index in [1.165, 1.54) is 0 Å². The van der Waals surface area contributed by atoms with E-state index in [2.05, 4.69) is 4.74 Å². The molecule has 1 aliphatic heterocycles. The maximum Gasteiger partial charge on any atom is 0.396 e. The van der Waals surface area contributed by atoms with Crippen molar-refractivity contribution in [1.29, 1.82) is 0 Å². The number of carbonyl (C=O) groups is 1. The van der Waals surface area contributed by atoms with Gasteiger partial charge in [-0.15, -0.1) is 0 Å². The molecule has 0 saturated carbocycles. The molecule has 0 spiro atoms. The fraction of sp³-hybridized carbons (Fsp3) is 0.778. The van der Waals surface area contributed by atoms with Gasteiger partial charge in [0.15, 0.2) is 6.10 Å². The van der Waals surface area contributed by atoms with Crippen LogP contribution in [0.5, 0.6) is 0 Å². The number of esters is 1. The van der Waals surface area contributed by atoms with E-state index in [4.69, 9.17) is 9.84 Å². The second-order valence-corrected chi connectivity index (χ2v) is 3.73. The van der Waals surface area contributed by atoms with Crippen LogP contribution in [0.15, 0.2) is 0 Å². The minimum atomic E-state index is -1.73. The Morgan fingerprint density at radius 2 is 2.00 bits per heavy atom. The van der Waals surface area contributed by atoms with Gasteiger partial charge in [0, 0.05) is 0 Å². The third kappa shape index (κ3) is 2.94. The number of aliphatic hydroxyl groups is 4. The maximum absolute atomic E-state index is 11.5. The largest absolute Gasteiger partial charge is 0.622 e. The summed E-state index contributed by atoms with van der Waals surface area (Å²) >= 11 is 0. The normalized spacial score (nSPS) is 37.4. The van der Waals surface area contributed by atoms with Crippen molar-refractivity contribution in [2.24, 2.45) is 0 Å². The average molecular weight is 265 g/mol. The summed E-state index contributed by atoms with van der Waals surface area (Å²) in [5.74, 6) is -0.970. The molecule has 18 heavy (non-hydrogen) atoms. The fourth-order valence-corrected chi connectivity index (χ4v) is 1.52. The molecule has 9 heteroatoms. The first-order chi connectivity index (χ1) is 8.42. The zero-order chi connectivity index (χ0) is 13.9. The van der Waals surface area contributed by atoms with Crippen molar-refractivity contribution in [3.8, 4) is 0 Å². The van der Waals surface area contributed by atoms with Crippen LogP contribution in [0.1, 0.15) is 0 Å². The molecule has 1 aliphatic rings. The maximum atomic E-state index is 11.5. The number of hydrogen-bond acceptors (Lipinski definition) is 8. The Balaban J connectivity index is 2.87. The Hall–Kier alpha value is -1.26. The molecule has 9 nitrogen and oxygen atoms in total.